The number of halogens is 2. The van der Waals surface area contributed by atoms with Crippen LogP contribution in [0, 0.1) is 6.92 Å². The maximum Gasteiger partial charge on any atom is 0.409 e. The Morgan fingerprint density at radius 1 is 1.38 bits per heavy atom. The van der Waals surface area contributed by atoms with Crippen molar-refractivity contribution < 1.29 is 19.1 Å². The highest BCUT2D eigenvalue weighted by atomic mass is 35.5. The number of ether oxygens (including phenoxy) is 2. The van der Waals surface area contributed by atoms with E-state index in [-0.39, 0.29) is 24.4 Å². The summed E-state index contributed by atoms with van der Waals surface area (Å²) in [6.45, 7) is 3.08. The molecule has 1 spiro atoms. The number of piperidine rings is 1. The molecule has 0 unspecified atom stereocenters. The zero-order chi connectivity index (χ0) is 17.3. The molecular weight excluding hydrogens is 353 g/mol. The molecule has 0 aliphatic carbocycles. The van der Waals surface area contributed by atoms with Crippen molar-refractivity contribution >= 4 is 35.1 Å². The van der Waals surface area contributed by atoms with Crippen LogP contribution in [0.1, 0.15) is 35.2 Å². The number of hydrogen-bond donors (Lipinski definition) is 0. The third-order valence-electron chi connectivity index (χ3n) is 4.58. The first-order valence-corrected chi connectivity index (χ1v) is 8.85. The fourth-order valence-electron chi connectivity index (χ4n) is 3.31. The predicted molar refractivity (Wildman–Crippen MR) is 91.4 cm³/mol. The average molecular weight is 372 g/mol. The Morgan fingerprint density at radius 2 is 2.08 bits per heavy atom. The number of ketones is 1. The van der Waals surface area contributed by atoms with Crippen LogP contribution in [0.3, 0.4) is 0 Å². The molecule has 1 saturated heterocycles. The Labute approximate surface area is 150 Å². The molecule has 1 aromatic carbocycles. The summed E-state index contributed by atoms with van der Waals surface area (Å²) in [5.74, 6) is 0.938. The first kappa shape index (κ1) is 17.4. The van der Waals surface area contributed by atoms with Crippen LogP contribution >= 0.6 is 23.2 Å². The molecule has 0 radical (unpaired) electrons. The van der Waals surface area contributed by atoms with E-state index in [9.17, 15) is 9.59 Å². The maximum absolute atomic E-state index is 12.6. The van der Waals surface area contributed by atoms with Crippen LogP contribution in [0.2, 0.25) is 5.02 Å². The van der Waals surface area contributed by atoms with Crippen molar-refractivity contribution in [3.8, 4) is 5.75 Å². The summed E-state index contributed by atoms with van der Waals surface area (Å²) < 4.78 is 11.3. The molecule has 3 rings (SSSR count). The molecule has 0 N–H and O–H groups in total. The third kappa shape index (κ3) is 3.33. The highest BCUT2D eigenvalue weighted by molar-refractivity contribution is 6.31. The number of benzene rings is 1. The minimum Gasteiger partial charge on any atom is -0.486 e. The van der Waals surface area contributed by atoms with Crippen molar-refractivity contribution in [2.45, 2.75) is 31.8 Å². The summed E-state index contributed by atoms with van der Waals surface area (Å²) in [7, 11) is 0. The van der Waals surface area contributed by atoms with Crippen molar-refractivity contribution in [2.24, 2.45) is 0 Å². The molecule has 1 fully saturated rings. The number of fused-ring (bicyclic) bond motifs is 1. The van der Waals surface area contributed by atoms with E-state index in [4.69, 9.17) is 32.7 Å². The van der Waals surface area contributed by atoms with Gasteiger partial charge in [0.05, 0.1) is 17.9 Å². The van der Waals surface area contributed by atoms with Crippen LogP contribution in [-0.4, -0.2) is 48.0 Å². The standard InChI is InChI=1S/C17H19Cl2NO4/c1-11-8-12(19)9-13-14(21)10-17(24-15(11)13)2-5-20(6-3-17)16(22)23-7-4-18/h8-9H,2-7,10H2,1H3. The minimum atomic E-state index is -0.550. The van der Waals surface area contributed by atoms with Gasteiger partial charge in [-0.1, -0.05) is 11.6 Å². The molecule has 0 saturated carbocycles. The van der Waals surface area contributed by atoms with E-state index in [1.807, 2.05) is 6.92 Å². The molecule has 0 atom stereocenters. The van der Waals surface area contributed by atoms with Gasteiger partial charge >= 0.3 is 6.09 Å². The van der Waals surface area contributed by atoms with Gasteiger partial charge in [0.15, 0.2) is 5.78 Å². The molecule has 2 heterocycles. The number of hydrogen-bond acceptors (Lipinski definition) is 4. The van der Waals surface area contributed by atoms with E-state index in [1.165, 1.54) is 0 Å². The number of aryl methyl sites for hydroxylation is 1. The van der Waals surface area contributed by atoms with E-state index in [2.05, 4.69) is 0 Å². The number of Topliss-reactive ketones (excluding diaryl/α,β-unsaturated/α-hetero) is 1. The Morgan fingerprint density at radius 3 is 2.75 bits per heavy atom. The van der Waals surface area contributed by atoms with Crippen molar-refractivity contribution in [2.75, 3.05) is 25.6 Å². The van der Waals surface area contributed by atoms with Crippen LogP contribution in [0.15, 0.2) is 12.1 Å². The number of likely N-dealkylation sites (tertiary alicyclic amines) is 1. The summed E-state index contributed by atoms with van der Waals surface area (Å²) in [5.41, 5.74) is 0.856. The Hall–Kier alpha value is -1.46. The maximum atomic E-state index is 12.6. The van der Waals surface area contributed by atoms with Gasteiger partial charge in [-0.05, 0) is 24.6 Å². The van der Waals surface area contributed by atoms with Crippen LogP contribution in [0.5, 0.6) is 5.75 Å². The van der Waals surface area contributed by atoms with E-state index in [1.54, 1.807) is 17.0 Å². The number of alkyl halides is 1. The SMILES string of the molecule is Cc1cc(Cl)cc2c1OC1(CCN(C(=O)OCCCl)CC1)CC2=O. The van der Waals surface area contributed by atoms with Gasteiger partial charge in [-0.25, -0.2) is 4.79 Å². The lowest BCUT2D eigenvalue weighted by molar-refractivity contribution is -0.00899. The van der Waals surface area contributed by atoms with Gasteiger partial charge < -0.3 is 14.4 Å². The normalized spacial score (nSPS) is 19.0. The smallest absolute Gasteiger partial charge is 0.409 e. The number of rotatable bonds is 2. The topological polar surface area (TPSA) is 55.8 Å². The molecule has 24 heavy (non-hydrogen) atoms. The third-order valence-corrected chi connectivity index (χ3v) is 4.95. The molecule has 5 nitrogen and oxygen atoms in total. The molecule has 7 heteroatoms. The van der Waals surface area contributed by atoms with Gasteiger partial charge in [0, 0.05) is 31.0 Å². The second kappa shape index (κ2) is 6.81. The van der Waals surface area contributed by atoms with Gasteiger partial charge in [-0.15, -0.1) is 11.6 Å². The molecule has 0 bridgehead atoms. The highest BCUT2D eigenvalue weighted by Crippen LogP contribution is 2.42. The van der Waals surface area contributed by atoms with E-state index < -0.39 is 5.60 Å². The fraction of sp³-hybridized carbons (Fsp3) is 0.529. The lowest BCUT2D eigenvalue weighted by Gasteiger charge is -2.44. The quantitative estimate of drug-likeness (QED) is 0.741. The van der Waals surface area contributed by atoms with E-state index in [0.717, 1.165) is 5.56 Å². The van der Waals surface area contributed by atoms with Crippen molar-refractivity contribution in [1.82, 2.24) is 4.90 Å². The van der Waals surface area contributed by atoms with Crippen LogP contribution in [-0.2, 0) is 4.74 Å². The summed E-state index contributed by atoms with van der Waals surface area (Å²) in [4.78, 5) is 26.1. The molecular formula is C17H19Cl2NO4. The second-order valence-corrected chi connectivity index (χ2v) is 7.09. The summed E-state index contributed by atoms with van der Waals surface area (Å²) in [5, 5.41) is 0.538. The Kier molecular flexibility index (Phi) is 4.92. The average Bonchev–Trinajstić information content (AvgIpc) is 2.55. The molecule has 2 aliphatic heterocycles. The van der Waals surface area contributed by atoms with Crippen LogP contribution in [0.4, 0.5) is 4.79 Å². The lowest BCUT2D eigenvalue weighted by atomic mass is 9.82. The number of carbonyl (C=O) groups excluding carboxylic acids is 2. The molecule has 1 amide bonds. The molecule has 2 aliphatic rings. The summed E-state index contributed by atoms with van der Waals surface area (Å²) in [6, 6.07) is 3.46. The number of nitrogens with zero attached hydrogens (tertiary/aromatic N) is 1. The fourth-order valence-corrected chi connectivity index (χ4v) is 3.66. The zero-order valence-corrected chi connectivity index (χ0v) is 15.0. The summed E-state index contributed by atoms with van der Waals surface area (Å²) >= 11 is 11.6. The largest absolute Gasteiger partial charge is 0.486 e. The first-order valence-electron chi connectivity index (χ1n) is 7.94. The van der Waals surface area contributed by atoms with E-state index >= 15 is 0 Å². The van der Waals surface area contributed by atoms with Crippen molar-refractivity contribution in [1.29, 1.82) is 0 Å². The van der Waals surface area contributed by atoms with Crippen molar-refractivity contribution in [3.05, 3.63) is 28.3 Å². The Bertz CT molecular complexity index is 669. The Balaban J connectivity index is 1.73. The minimum absolute atomic E-state index is 0.0417. The van der Waals surface area contributed by atoms with Gasteiger partial charge in [0.2, 0.25) is 0 Å². The first-order chi connectivity index (χ1) is 11.4. The van der Waals surface area contributed by atoms with E-state index in [0.29, 0.717) is 48.7 Å². The monoisotopic (exact) mass is 371 g/mol. The van der Waals surface area contributed by atoms with Gasteiger partial charge in [-0.3, -0.25) is 4.79 Å². The number of amides is 1. The lowest BCUT2D eigenvalue weighted by Crippen LogP contribution is -2.52. The number of carbonyl (C=O) groups is 2. The zero-order valence-electron chi connectivity index (χ0n) is 13.4. The van der Waals surface area contributed by atoms with Crippen LogP contribution < -0.4 is 4.74 Å². The van der Waals surface area contributed by atoms with Crippen LogP contribution in [0.25, 0.3) is 0 Å². The molecule has 1 aromatic rings. The van der Waals surface area contributed by atoms with Gasteiger partial charge in [-0.2, -0.15) is 0 Å². The van der Waals surface area contributed by atoms with Gasteiger partial charge in [0.1, 0.15) is 18.0 Å². The predicted octanol–water partition coefficient (Wildman–Crippen LogP) is 3.82. The summed E-state index contributed by atoms with van der Waals surface area (Å²) in [6.07, 6.45) is 1.13. The van der Waals surface area contributed by atoms with Gasteiger partial charge in [0.25, 0.3) is 0 Å². The molecule has 130 valence electrons. The van der Waals surface area contributed by atoms with Crippen molar-refractivity contribution in [3.63, 3.8) is 0 Å². The molecule has 0 aromatic heterocycles. The second-order valence-electron chi connectivity index (χ2n) is 6.27. The highest BCUT2D eigenvalue weighted by Gasteiger charge is 2.44.